The minimum absolute atomic E-state index is 0.0538. The number of carbonyl (C=O) groups is 2. The number of hydrogen-bond acceptors (Lipinski definition) is 5. The SMILES string of the molecule is O=C(c1cncc2cccnc12)N1CCN(C(=O)C2CCCO2)CC1. The monoisotopic (exact) mass is 340 g/mol. The number of carbonyl (C=O) groups excluding carboxylic acids is 2. The van der Waals surface area contributed by atoms with E-state index in [-0.39, 0.29) is 17.9 Å². The van der Waals surface area contributed by atoms with Crippen molar-refractivity contribution in [3.63, 3.8) is 0 Å². The lowest BCUT2D eigenvalue weighted by molar-refractivity contribution is -0.142. The first kappa shape index (κ1) is 16.0. The Morgan fingerprint density at radius 3 is 2.68 bits per heavy atom. The van der Waals surface area contributed by atoms with Gasteiger partial charge in [-0.05, 0) is 25.0 Å². The zero-order valence-electron chi connectivity index (χ0n) is 13.9. The van der Waals surface area contributed by atoms with Crippen LogP contribution in [-0.2, 0) is 9.53 Å². The minimum Gasteiger partial charge on any atom is -0.368 e. The summed E-state index contributed by atoms with van der Waals surface area (Å²) in [7, 11) is 0. The molecule has 7 nitrogen and oxygen atoms in total. The zero-order chi connectivity index (χ0) is 17.2. The average Bonchev–Trinajstić information content (AvgIpc) is 3.21. The van der Waals surface area contributed by atoms with Crippen molar-refractivity contribution in [2.75, 3.05) is 32.8 Å². The average molecular weight is 340 g/mol. The summed E-state index contributed by atoms with van der Waals surface area (Å²) < 4.78 is 5.47. The van der Waals surface area contributed by atoms with Crippen LogP contribution in [0.1, 0.15) is 23.2 Å². The summed E-state index contributed by atoms with van der Waals surface area (Å²) in [6.45, 7) is 2.77. The molecule has 2 aromatic heterocycles. The number of rotatable bonds is 2. The molecule has 1 unspecified atom stereocenters. The highest BCUT2D eigenvalue weighted by Gasteiger charge is 2.31. The minimum atomic E-state index is -0.297. The van der Waals surface area contributed by atoms with Crippen molar-refractivity contribution in [3.8, 4) is 0 Å². The van der Waals surface area contributed by atoms with Crippen LogP contribution in [-0.4, -0.2) is 70.5 Å². The second kappa shape index (κ2) is 6.76. The Morgan fingerprint density at radius 1 is 1.12 bits per heavy atom. The van der Waals surface area contributed by atoms with Crippen molar-refractivity contribution >= 4 is 22.7 Å². The Balaban J connectivity index is 1.45. The van der Waals surface area contributed by atoms with Crippen LogP contribution >= 0.6 is 0 Å². The van der Waals surface area contributed by atoms with Crippen LogP contribution in [0.2, 0.25) is 0 Å². The Labute approximate surface area is 145 Å². The molecule has 2 fully saturated rings. The van der Waals surface area contributed by atoms with Crippen molar-refractivity contribution in [1.82, 2.24) is 19.8 Å². The first-order valence-corrected chi connectivity index (χ1v) is 8.62. The highest BCUT2D eigenvalue weighted by atomic mass is 16.5. The molecular formula is C18H20N4O3. The number of pyridine rings is 2. The van der Waals surface area contributed by atoms with Crippen molar-refractivity contribution in [2.24, 2.45) is 0 Å². The van der Waals surface area contributed by atoms with Gasteiger partial charge in [-0.2, -0.15) is 0 Å². The molecule has 0 radical (unpaired) electrons. The van der Waals surface area contributed by atoms with E-state index in [1.165, 1.54) is 0 Å². The van der Waals surface area contributed by atoms with E-state index in [4.69, 9.17) is 4.74 Å². The van der Waals surface area contributed by atoms with Gasteiger partial charge in [0.15, 0.2) is 0 Å². The van der Waals surface area contributed by atoms with E-state index in [2.05, 4.69) is 9.97 Å². The van der Waals surface area contributed by atoms with Crippen molar-refractivity contribution in [2.45, 2.75) is 18.9 Å². The molecule has 0 N–H and O–H groups in total. The van der Waals surface area contributed by atoms with E-state index in [1.807, 2.05) is 12.1 Å². The quantitative estimate of drug-likeness (QED) is 0.818. The molecule has 4 heterocycles. The van der Waals surface area contributed by atoms with Crippen molar-refractivity contribution < 1.29 is 14.3 Å². The predicted octanol–water partition coefficient (Wildman–Crippen LogP) is 1.09. The third kappa shape index (κ3) is 3.07. The molecule has 1 atom stereocenters. The van der Waals surface area contributed by atoms with E-state index in [9.17, 15) is 9.59 Å². The highest BCUT2D eigenvalue weighted by Crippen LogP contribution is 2.19. The molecule has 2 saturated heterocycles. The predicted molar refractivity (Wildman–Crippen MR) is 91.0 cm³/mol. The second-order valence-corrected chi connectivity index (χ2v) is 6.38. The summed E-state index contributed by atoms with van der Waals surface area (Å²) in [5.74, 6) is -0.0286. The molecule has 0 spiro atoms. The lowest BCUT2D eigenvalue weighted by atomic mass is 10.1. The van der Waals surface area contributed by atoms with Crippen LogP contribution in [0, 0.1) is 0 Å². The van der Waals surface area contributed by atoms with Gasteiger partial charge in [-0.1, -0.05) is 0 Å². The molecule has 25 heavy (non-hydrogen) atoms. The smallest absolute Gasteiger partial charge is 0.257 e. The molecule has 0 saturated carbocycles. The number of fused-ring (bicyclic) bond motifs is 1. The van der Waals surface area contributed by atoms with Crippen LogP contribution in [0.4, 0.5) is 0 Å². The molecule has 2 aliphatic rings. The summed E-state index contributed by atoms with van der Waals surface area (Å²) in [5, 5.41) is 0.848. The van der Waals surface area contributed by atoms with Crippen LogP contribution in [0.25, 0.3) is 10.9 Å². The van der Waals surface area contributed by atoms with E-state index >= 15 is 0 Å². The van der Waals surface area contributed by atoms with Gasteiger partial charge in [0.1, 0.15) is 6.10 Å². The molecule has 4 rings (SSSR count). The number of amides is 2. The van der Waals surface area contributed by atoms with Gasteiger partial charge >= 0.3 is 0 Å². The van der Waals surface area contributed by atoms with E-state index in [0.29, 0.717) is 43.9 Å². The van der Waals surface area contributed by atoms with Crippen LogP contribution in [0.5, 0.6) is 0 Å². The van der Waals surface area contributed by atoms with E-state index < -0.39 is 0 Å². The number of nitrogens with zero attached hydrogens (tertiary/aromatic N) is 4. The molecule has 0 aromatic carbocycles. The Bertz CT molecular complexity index is 791. The number of aromatic nitrogens is 2. The summed E-state index contributed by atoms with van der Waals surface area (Å²) in [5.41, 5.74) is 1.18. The molecule has 2 aliphatic heterocycles. The molecular weight excluding hydrogens is 320 g/mol. The van der Waals surface area contributed by atoms with Gasteiger partial charge in [-0.3, -0.25) is 19.6 Å². The van der Waals surface area contributed by atoms with E-state index in [1.54, 1.807) is 28.4 Å². The summed E-state index contributed by atoms with van der Waals surface area (Å²) in [4.78, 5) is 37.3. The van der Waals surface area contributed by atoms with Crippen LogP contribution in [0.15, 0.2) is 30.7 Å². The van der Waals surface area contributed by atoms with Crippen molar-refractivity contribution in [1.29, 1.82) is 0 Å². The largest absolute Gasteiger partial charge is 0.368 e. The topological polar surface area (TPSA) is 75.6 Å². The van der Waals surface area contributed by atoms with Gasteiger partial charge in [0.05, 0.1) is 11.1 Å². The summed E-state index contributed by atoms with van der Waals surface area (Å²) in [6, 6.07) is 3.72. The Hall–Kier alpha value is -2.54. The number of ether oxygens (including phenoxy) is 1. The third-order valence-electron chi connectivity index (χ3n) is 4.83. The first-order chi connectivity index (χ1) is 12.2. The maximum absolute atomic E-state index is 12.9. The van der Waals surface area contributed by atoms with Gasteiger partial charge in [0, 0.05) is 56.8 Å². The highest BCUT2D eigenvalue weighted by molar-refractivity contribution is 6.04. The molecule has 2 aromatic rings. The van der Waals surface area contributed by atoms with Gasteiger partial charge < -0.3 is 14.5 Å². The van der Waals surface area contributed by atoms with Crippen molar-refractivity contribution in [3.05, 3.63) is 36.3 Å². The molecule has 0 aliphatic carbocycles. The molecule has 7 heteroatoms. The number of hydrogen-bond donors (Lipinski definition) is 0. The Morgan fingerprint density at radius 2 is 1.92 bits per heavy atom. The fourth-order valence-electron chi connectivity index (χ4n) is 3.43. The van der Waals surface area contributed by atoms with E-state index in [0.717, 1.165) is 18.2 Å². The molecule has 130 valence electrons. The maximum atomic E-state index is 12.9. The van der Waals surface area contributed by atoms with Gasteiger partial charge in [0.25, 0.3) is 11.8 Å². The van der Waals surface area contributed by atoms with Crippen LogP contribution in [0.3, 0.4) is 0 Å². The van der Waals surface area contributed by atoms with Gasteiger partial charge in [0.2, 0.25) is 0 Å². The molecule has 2 amide bonds. The zero-order valence-corrected chi connectivity index (χ0v) is 13.9. The lowest BCUT2D eigenvalue weighted by Gasteiger charge is -2.35. The standard InChI is InChI=1S/C18H20N4O3/c23-17(14-12-19-11-13-3-1-5-20-16(13)14)21-6-8-22(9-7-21)18(24)15-4-2-10-25-15/h1,3,5,11-12,15H,2,4,6-10H2. The second-order valence-electron chi connectivity index (χ2n) is 6.38. The van der Waals surface area contributed by atoms with Gasteiger partial charge in [-0.15, -0.1) is 0 Å². The summed E-state index contributed by atoms with van der Waals surface area (Å²) >= 11 is 0. The number of piperazine rings is 1. The lowest BCUT2D eigenvalue weighted by Crippen LogP contribution is -2.52. The maximum Gasteiger partial charge on any atom is 0.257 e. The fourth-order valence-corrected chi connectivity index (χ4v) is 3.43. The normalized spacial score (nSPS) is 20.9. The first-order valence-electron chi connectivity index (χ1n) is 8.62. The van der Waals surface area contributed by atoms with Crippen LogP contribution < -0.4 is 0 Å². The summed E-state index contributed by atoms with van der Waals surface area (Å²) in [6.07, 6.45) is 6.39. The third-order valence-corrected chi connectivity index (χ3v) is 4.83. The van der Waals surface area contributed by atoms with Gasteiger partial charge in [-0.25, -0.2) is 0 Å². The molecule has 0 bridgehead atoms. The fraction of sp³-hybridized carbons (Fsp3) is 0.444. The Kier molecular flexibility index (Phi) is 4.31.